The van der Waals surface area contributed by atoms with Crippen LogP contribution >= 0.6 is 11.8 Å². The average molecular weight is 299 g/mol. The third kappa shape index (κ3) is 2.62. The SMILES string of the molecule is Cn1c(=O)ccn(CC(=O)N2CSC[C@H]2C(=O)O)c1=O. The molecule has 1 aromatic rings. The van der Waals surface area contributed by atoms with Crippen molar-refractivity contribution in [3.8, 4) is 0 Å². The summed E-state index contributed by atoms with van der Waals surface area (Å²) in [6.45, 7) is -0.280. The Kier molecular flexibility index (Phi) is 3.98. The molecule has 2 heterocycles. The molecule has 1 aliphatic rings. The van der Waals surface area contributed by atoms with Crippen LogP contribution in [0.1, 0.15) is 0 Å². The van der Waals surface area contributed by atoms with Crippen LogP contribution in [0.5, 0.6) is 0 Å². The molecule has 1 fully saturated rings. The summed E-state index contributed by atoms with van der Waals surface area (Å²) in [5.74, 6) is -0.890. The van der Waals surface area contributed by atoms with Crippen molar-refractivity contribution in [1.82, 2.24) is 14.0 Å². The van der Waals surface area contributed by atoms with Crippen LogP contribution in [0.3, 0.4) is 0 Å². The van der Waals surface area contributed by atoms with Gasteiger partial charge in [-0.2, -0.15) is 0 Å². The number of hydrogen-bond donors (Lipinski definition) is 1. The van der Waals surface area contributed by atoms with Gasteiger partial charge < -0.3 is 10.0 Å². The highest BCUT2D eigenvalue weighted by atomic mass is 32.2. The molecule has 1 saturated heterocycles. The number of nitrogens with zero attached hydrogens (tertiary/aromatic N) is 3. The van der Waals surface area contributed by atoms with Crippen LogP contribution in [0.25, 0.3) is 0 Å². The first kappa shape index (κ1) is 14.4. The normalized spacial score (nSPS) is 18.2. The van der Waals surface area contributed by atoms with E-state index in [1.165, 1.54) is 36.0 Å². The molecule has 8 nitrogen and oxygen atoms in total. The summed E-state index contributed by atoms with van der Waals surface area (Å²) in [5, 5.41) is 9.01. The Morgan fingerprint density at radius 3 is 2.80 bits per heavy atom. The smallest absolute Gasteiger partial charge is 0.331 e. The summed E-state index contributed by atoms with van der Waals surface area (Å²) >= 11 is 1.35. The third-order valence-corrected chi connectivity index (χ3v) is 4.07. The van der Waals surface area contributed by atoms with Gasteiger partial charge >= 0.3 is 11.7 Å². The molecule has 0 aromatic carbocycles. The largest absolute Gasteiger partial charge is 0.480 e. The number of carbonyl (C=O) groups is 2. The number of carbonyl (C=O) groups excluding carboxylic acids is 1. The zero-order valence-electron chi connectivity index (χ0n) is 10.7. The van der Waals surface area contributed by atoms with Crippen molar-refractivity contribution in [2.75, 3.05) is 11.6 Å². The third-order valence-electron chi connectivity index (χ3n) is 3.05. The fourth-order valence-electron chi connectivity index (χ4n) is 1.87. The van der Waals surface area contributed by atoms with Crippen molar-refractivity contribution in [3.63, 3.8) is 0 Å². The van der Waals surface area contributed by atoms with Crippen LogP contribution in [-0.4, -0.2) is 48.7 Å². The van der Waals surface area contributed by atoms with E-state index in [0.29, 0.717) is 5.75 Å². The number of aromatic nitrogens is 2. The summed E-state index contributed by atoms with van der Waals surface area (Å²) in [5.41, 5.74) is -1.07. The Labute approximate surface area is 117 Å². The monoisotopic (exact) mass is 299 g/mol. The molecule has 1 amide bonds. The van der Waals surface area contributed by atoms with Gasteiger partial charge in [0.25, 0.3) is 5.56 Å². The highest BCUT2D eigenvalue weighted by Gasteiger charge is 2.34. The summed E-state index contributed by atoms with van der Waals surface area (Å²) in [4.78, 5) is 47.4. The molecule has 0 aliphatic carbocycles. The van der Waals surface area contributed by atoms with E-state index in [0.717, 1.165) is 9.13 Å². The molecule has 2 rings (SSSR count). The first-order chi connectivity index (χ1) is 9.41. The summed E-state index contributed by atoms with van der Waals surface area (Å²) in [7, 11) is 1.32. The molecule has 9 heteroatoms. The average Bonchev–Trinajstić information content (AvgIpc) is 2.89. The van der Waals surface area contributed by atoms with E-state index < -0.39 is 29.2 Å². The predicted molar refractivity (Wildman–Crippen MR) is 71.5 cm³/mol. The summed E-state index contributed by atoms with van der Waals surface area (Å²) < 4.78 is 1.98. The molecule has 20 heavy (non-hydrogen) atoms. The molecule has 108 valence electrons. The molecule has 1 N–H and O–H groups in total. The fourth-order valence-corrected chi connectivity index (χ4v) is 3.04. The van der Waals surface area contributed by atoms with Gasteiger partial charge in [-0.1, -0.05) is 0 Å². The number of amides is 1. The standard InChI is InChI=1S/C11H13N3O5S/c1-12-8(15)2-3-13(11(12)19)4-9(16)14-6-20-5-7(14)10(17)18/h2-3,7H,4-6H2,1H3,(H,17,18)/t7-/m0/s1. The first-order valence-corrected chi connectivity index (χ1v) is 6.94. The van der Waals surface area contributed by atoms with E-state index in [2.05, 4.69) is 0 Å². The van der Waals surface area contributed by atoms with Crippen molar-refractivity contribution >= 4 is 23.6 Å². The lowest BCUT2D eigenvalue weighted by molar-refractivity contribution is -0.148. The first-order valence-electron chi connectivity index (χ1n) is 5.78. The number of carboxylic acids is 1. The number of carboxylic acid groups (broad SMARTS) is 1. The molecular formula is C11H13N3O5S. The Morgan fingerprint density at radius 2 is 2.15 bits per heavy atom. The van der Waals surface area contributed by atoms with Gasteiger partial charge in [0.2, 0.25) is 5.91 Å². The zero-order chi connectivity index (χ0) is 14.9. The number of rotatable bonds is 3. The quantitative estimate of drug-likeness (QED) is 0.731. The van der Waals surface area contributed by atoms with Gasteiger partial charge in [-0.3, -0.25) is 18.7 Å². The van der Waals surface area contributed by atoms with Crippen molar-refractivity contribution in [3.05, 3.63) is 33.1 Å². The van der Waals surface area contributed by atoms with Crippen LogP contribution in [0, 0.1) is 0 Å². The maximum absolute atomic E-state index is 12.1. The summed E-state index contributed by atoms with van der Waals surface area (Å²) in [6, 6.07) is 0.318. The van der Waals surface area contributed by atoms with Gasteiger partial charge in [-0.15, -0.1) is 11.8 Å². The van der Waals surface area contributed by atoms with Crippen LogP contribution in [0.15, 0.2) is 21.9 Å². The molecule has 1 aliphatic heterocycles. The number of thioether (sulfide) groups is 1. The maximum atomic E-state index is 12.1. The molecule has 0 spiro atoms. The predicted octanol–water partition coefficient (Wildman–Crippen LogP) is -1.47. The van der Waals surface area contributed by atoms with Gasteiger partial charge in [-0.25, -0.2) is 9.59 Å². The van der Waals surface area contributed by atoms with Gasteiger partial charge in [0.15, 0.2) is 0 Å². The second kappa shape index (κ2) is 5.53. The maximum Gasteiger partial charge on any atom is 0.331 e. The van der Waals surface area contributed by atoms with E-state index in [9.17, 15) is 19.2 Å². The topological polar surface area (TPSA) is 102 Å². The minimum Gasteiger partial charge on any atom is -0.480 e. The lowest BCUT2D eigenvalue weighted by Gasteiger charge is -2.20. The molecule has 0 unspecified atom stereocenters. The minimum atomic E-state index is -1.06. The lowest BCUT2D eigenvalue weighted by Crippen LogP contribution is -2.45. The highest BCUT2D eigenvalue weighted by molar-refractivity contribution is 7.99. The van der Waals surface area contributed by atoms with Crippen molar-refractivity contribution in [1.29, 1.82) is 0 Å². The fraction of sp³-hybridized carbons (Fsp3) is 0.455. The Balaban J connectivity index is 2.20. The zero-order valence-corrected chi connectivity index (χ0v) is 11.5. The number of hydrogen-bond acceptors (Lipinski definition) is 5. The van der Waals surface area contributed by atoms with E-state index in [1.807, 2.05) is 0 Å². The van der Waals surface area contributed by atoms with Gasteiger partial charge in [0.1, 0.15) is 12.6 Å². The summed E-state index contributed by atoms with van der Waals surface area (Å²) in [6.07, 6.45) is 1.24. The molecule has 0 radical (unpaired) electrons. The minimum absolute atomic E-state index is 0.280. The lowest BCUT2D eigenvalue weighted by atomic mass is 10.3. The molecule has 1 aromatic heterocycles. The van der Waals surface area contributed by atoms with Crippen LogP contribution in [-0.2, 0) is 23.2 Å². The highest BCUT2D eigenvalue weighted by Crippen LogP contribution is 2.21. The van der Waals surface area contributed by atoms with Crippen LogP contribution in [0.4, 0.5) is 0 Å². The van der Waals surface area contributed by atoms with Crippen molar-refractivity contribution < 1.29 is 14.7 Å². The second-order valence-electron chi connectivity index (χ2n) is 4.34. The molecule has 0 saturated carbocycles. The van der Waals surface area contributed by atoms with Gasteiger partial charge in [0.05, 0.1) is 5.88 Å². The van der Waals surface area contributed by atoms with E-state index >= 15 is 0 Å². The Bertz CT molecular complexity index is 665. The molecular weight excluding hydrogens is 286 g/mol. The second-order valence-corrected chi connectivity index (χ2v) is 5.34. The van der Waals surface area contributed by atoms with E-state index in [1.54, 1.807) is 0 Å². The van der Waals surface area contributed by atoms with Crippen molar-refractivity contribution in [2.24, 2.45) is 7.05 Å². The molecule has 1 atom stereocenters. The molecule has 0 bridgehead atoms. The van der Waals surface area contributed by atoms with E-state index in [4.69, 9.17) is 5.11 Å². The van der Waals surface area contributed by atoms with Gasteiger partial charge in [0, 0.05) is 25.1 Å². The van der Waals surface area contributed by atoms with Crippen LogP contribution < -0.4 is 11.2 Å². The van der Waals surface area contributed by atoms with Gasteiger partial charge in [-0.05, 0) is 0 Å². The van der Waals surface area contributed by atoms with Crippen molar-refractivity contribution in [2.45, 2.75) is 12.6 Å². The number of aliphatic carboxylic acids is 1. The Hall–Kier alpha value is -2.03. The van der Waals surface area contributed by atoms with Crippen LogP contribution in [0.2, 0.25) is 0 Å². The Morgan fingerprint density at radius 1 is 1.45 bits per heavy atom. The van der Waals surface area contributed by atoms with E-state index in [-0.39, 0.29) is 12.4 Å².